The van der Waals surface area contributed by atoms with Crippen LogP contribution < -0.4 is 122 Å². The molecule has 0 spiro atoms. The molecular formula is CaK2O7P2. The molecule has 0 unspecified atom stereocenters. The molecule has 0 radical (unpaired) electrons. The van der Waals surface area contributed by atoms with Gasteiger partial charge in [0.15, 0.2) is 0 Å². The Morgan fingerprint density at radius 3 is 1.00 bits per heavy atom. The summed E-state index contributed by atoms with van der Waals surface area (Å²) in [5.41, 5.74) is 0. The largest absolute Gasteiger partial charge is 2.00 e. The molecular weight excluding hydrogens is 292 g/mol. The van der Waals surface area contributed by atoms with Gasteiger partial charge in [0, 0.05) is 0 Å². The fourth-order valence-corrected chi connectivity index (χ4v) is 1.10. The predicted molar refractivity (Wildman–Crippen MR) is 22.1 cm³/mol. The molecule has 56 valence electrons. The minimum absolute atomic E-state index is 0. The van der Waals surface area contributed by atoms with Gasteiger partial charge in [-0.05, 0) is 0 Å². The van der Waals surface area contributed by atoms with Gasteiger partial charge in [0.05, 0.1) is 15.6 Å². The minimum atomic E-state index is -5.68. The van der Waals surface area contributed by atoms with Gasteiger partial charge in [-0.2, -0.15) is 0 Å². The Morgan fingerprint density at radius 1 is 0.833 bits per heavy atom. The van der Waals surface area contributed by atoms with E-state index in [1.165, 1.54) is 0 Å². The van der Waals surface area contributed by atoms with E-state index in [-0.39, 0.29) is 141 Å². The van der Waals surface area contributed by atoms with Crippen LogP contribution >= 0.6 is 15.6 Å². The average Bonchev–Trinajstić information content (AvgIpc) is 1.14. The molecule has 0 aliphatic rings. The molecule has 0 amide bonds. The van der Waals surface area contributed by atoms with E-state index in [4.69, 9.17) is 0 Å². The molecule has 0 saturated heterocycles. The topological polar surface area (TPSA) is 136 Å². The van der Waals surface area contributed by atoms with Crippen molar-refractivity contribution in [2.45, 2.75) is 0 Å². The van der Waals surface area contributed by atoms with Crippen LogP contribution in [0.25, 0.3) is 0 Å². The summed E-state index contributed by atoms with van der Waals surface area (Å²) in [6, 6.07) is 0. The minimum Gasteiger partial charge on any atom is -0.790 e. The van der Waals surface area contributed by atoms with Crippen LogP contribution in [0, 0.1) is 0 Å². The van der Waals surface area contributed by atoms with E-state index < -0.39 is 15.6 Å². The van der Waals surface area contributed by atoms with Crippen LogP contribution in [-0.4, -0.2) is 37.7 Å². The van der Waals surface area contributed by atoms with Gasteiger partial charge < -0.3 is 33.0 Å². The summed E-state index contributed by atoms with van der Waals surface area (Å²) in [5, 5.41) is 0. The van der Waals surface area contributed by atoms with Crippen LogP contribution in [0.5, 0.6) is 0 Å². The average molecular weight is 292 g/mol. The molecule has 0 N–H and O–H groups in total. The Hall–Kier alpha value is 4.79. The van der Waals surface area contributed by atoms with Crippen LogP contribution in [0.4, 0.5) is 0 Å². The Balaban J connectivity index is -0.000000107. The molecule has 0 heterocycles. The van der Waals surface area contributed by atoms with Crippen LogP contribution in [0.15, 0.2) is 0 Å². The van der Waals surface area contributed by atoms with Gasteiger partial charge in [-0.15, -0.1) is 0 Å². The number of hydrogen-bond donors (Lipinski definition) is 0. The van der Waals surface area contributed by atoms with E-state index in [0.717, 1.165) is 0 Å². The van der Waals surface area contributed by atoms with E-state index in [2.05, 4.69) is 4.31 Å². The maximum atomic E-state index is 9.32. The summed E-state index contributed by atoms with van der Waals surface area (Å²) in [4.78, 5) is 37.3. The second-order valence-electron chi connectivity index (χ2n) is 0.976. The van der Waals surface area contributed by atoms with Gasteiger partial charge in [0.2, 0.25) is 0 Å². The SMILES string of the molecule is O=P([O-])([O-])OP(=O)([O-])[O-].[Ca+2].[K+].[K+]. The van der Waals surface area contributed by atoms with Crippen molar-refractivity contribution in [1.82, 2.24) is 0 Å². The quantitative estimate of drug-likeness (QED) is 0.364. The maximum absolute atomic E-state index is 9.32. The van der Waals surface area contributed by atoms with Crippen molar-refractivity contribution < 1.29 is 136 Å². The van der Waals surface area contributed by atoms with Crippen LogP contribution in [0.1, 0.15) is 0 Å². The third-order valence-corrected chi connectivity index (χ3v) is 1.80. The normalized spacial score (nSPS) is 10.3. The standard InChI is InChI=1S/Ca.2K.H4O7P2/c;;;1-8(2,3)7-9(4,5)6/h;;;(H2,1,2,3)(H2,4,5,6)/q+2;2*+1;/p-4. The molecule has 0 saturated carbocycles. The first-order chi connectivity index (χ1) is 3.71. The molecule has 0 aromatic carbocycles. The van der Waals surface area contributed by atoms with Gasteiger partial charge in [-0.25, -0.2) is 0 Å². The van der Waals surface area contributed by atoms with Gasteiger partial charge in [0.1, 0.15) is 0 Å². The van der Waals surface area contributed by atoms with Crippen molar-refractivity contribution in [1.29, 1.82) is 0 Å². The Labute approximate surface area is 184 Å². The van der Waals surface area contributed by atoms with E-state index in [1.807, 2.05) is 0 Å². The zero-order valence-electron chi connectivity index (χ0n) is 6.46. The van der Waals surface area contributed by atoms with Crippen LogP contribution in [0.3, 0.4) is 0 Å². The van der Waals surface area contributed by atoms with Gasteiger partial charge in [-0.3, -0.25) is 0 Å². The number of rotatable bonds is 2. The third-order valence-electron chi connectivity index (χ3n) is 0.200. The molecule has 0 bridgehead atoms. The van der Waals surface area contributed by atoms with Crippen molar-refractivity contribution in [2.24, 2.45) is 0 Å². The number of hydrogen-bond acceptors (Lipinski definition) is 7. The molecule has 0 rings (SSSR count). The molecule has 0 atom stereocenters. The zero-order valence-corrected chi connectivity index (χ0v) is 16.7. The van der Waals surface area contributed by atoms with Crippen LogP contribution in [0.2, 0.25) is 0 Å². The van der Waals surface area contributed by atoms with Crippen molar-refractivity contribution in [3.8, 4) is 0 Å². The zero-order chi connectivity index (χ0) is 7.71. The Kier molecular flexibility index (Phi) is 23.3. The number of phosphoric acid groups is 2. The van der Waals surface area contributed by atoms with Crippen molar-refractivity contribution in [2.75, 3.05) is 0 Å². The van der Waals surface area contributed by atoms with Crippen molar-refractivity contribution in [3.63, 3.8) is 0 Å². The van der Waals surface area contributed by atoms with Crippen LogP contribution in [-0.2, 0) is 13.4 Å². The summed E-state index contributed by atoms with van der Waals surface area (Å²) in [6.45, 7) is 0. The Morgan fingerprint density at radius 2 is 1.00 bits per heavy atom. The van der Waals surface area contributed by atoms with E-state index in [1.54, 1.807) is 0 Å². The van der Waals surface area contributed by atoms with E-state index in [0.29, 0.717) is 0 Å². The van der Waals surface area contributed by atoms with Gasteiger partial charge >= 0.3 is 141 Å². The second kappa shape index (κ2) is 10.9. The summed E-state index contributed by atoms with van der Waals surface area (Å²) < 4.78 is 21.2. The van der Waals surface area contributed by atoms with E-state index >= 15 is 0 Å². The maximum Gasteiger partial charge on any atom is 2.00 e. The molecule has 0 aromatic rings. The molecule has 0 aliphatic carbocycles. The molecule has 0 aromatic heterocycles. The first-order valence-corrected chi connectivity index (χ1v) is 4.38. The van der Waals surface area contributed by atoms with Gasteiger partial charge in [-0.1, -0.05) is 0 Å². The smallest absolute Gasteiger partial charge is 0.790 e. The predicted octanol–water partition coefficient (Wildman–Crippen LogP) is -9.71. The molecule has 12 heavy (non-hydrogen) atoms. The summed E-state index contributed by atoms with van der Waals surface area (Å²) in [5.74, 6) is 0. The summed E-state index contributed by atoms with van der Waals surface area (Å²) >= 11 is 0. The molecule has 0 fully saturated rings. The fourth-order valence-electron chi connectivity index (χ4n) is 0.122. The summed E-state index contributed by atoms with van der Waals surface area (Å²) in [7, 11) is -11.4. The Bertz CT molecular complexity index is 160. The first kappa shape index (κ1) is 25.6. The summed E-state index contributed by atoms with van der Waals surface area (Å²) in [6.07, 6.45) is 0. The van der Waals surface area contributed by atoms with Gasteiger partial charge in [0.25, 0.3) is 0 Å². The van der Waals surface area contributed by atoms with Crippen molar-refractivity contribution in [3.05, 3.63) is 0 Å². The van der Waals surface area contributed by atoms with E-state index in [9.17, 15) is 28.7 Å². The fraction of sp³-hybridized carbons (Fsp3) is 0. The van der Waals surface area contributed by atoms with Crippen molar-refractivity contribution >= 4 is 53.4 Å². The molecule has 7 nitrogen and oxygen atoms in total. The first-order valence-electron chi connectivity index (χ1n) is 1.46. The second-order valence-corrected chi connectivity index (χ2v) is 3.42. The monoisotopic (exact) mass is 292 g/mol. The molecule has 12 heteroatoms. The third kappa shape index (κ3) is 24.2. The molecule has 0 aliphatic heterocycles.